The monoisotopic (exact) mass is 289 g/mol. The lowest BCUT2D eigenvalue weighted by Gasteiger charge is -2.06. The van der Waals surface area contributed by atoms with Crippen LogP contribution >= 0.6 is 0 Å². The minimum atomic E-state index is 0.0581. The van der Waals surface area contributed by atoms with Gasteiger partial charge in [0.2, 0.25) is 5.91 Å². The van der Waals surface area contributed by atoms with E-state index in [2.05, 4.69) is 23.4 Å². The Hall–Kier alpha value is -1.88. The molecule has 0 atom stereocenters. The molecule has 1 aromatic carbocycles. The van der Waals surface area contributed by atoms with Crippen LogP contribution in [0, 0.1) is 6.92 Å². The first-order chi connectivity index (χ1) is 10.2. The standard InChI is InChI=1S/C16H23N3O2/c1-3-21-11-5-9-17-16(20)8-10-19-15-7-4-6-13(2)14(15)12-18-19/h4,6-7,12H,3,5,8-11H2,1-2H3,(H,17,20). The smallest absolute Gasteiger partial charge is 0.221 e. The molecule has 21 heavy (non-hydrogen) atoms. The number of hydrogen-bond acceptors (Lipinski definition) is 3. The first-order valence-electron chi connectivity index (χ1n) is 7.48. The van der Waals surface area contributed by atoms with Crippen LogP contribution in [0.3, 0.4) is 0 Å². The van der Waals surface area contributed by atoms with Gasteiger partial charge in [0.25, 0.3) is 0 Å². The summed E-state index contributed by atoms with van der Waals surface area (Å²) in [5.74, 6) is 0.0581. The molecule has 0 aliphatic rings. The van der Waals surface area contributed by atoms with Gasteiger partial charge in [-0.3, -0.25) is 9.48 Å². The van der Waals surface area contributed by atoms with E-state index in [0.717, 1.165) is 23.9 Å². The predicted molar refractivity (Wildman–Crippen MR) is 83.2 cm³/mol. The van der Waals surface area contributed by atoms with Gasteiger partial charge in [0.05, 0.1) is 18.3 Å². The van der Waals surface area contributed by atoms with Gasteiger partial charge in [0.15, 0.2) is 0 Å². The molecule has 1 heterocycles. The number of hydrogen-bond donors (Lipinski definition) is 1. The summed E-state index contributed by atoms with van der Waals surface area (Å²) in [5.41, 5.74) is 2.29. The summed E-state index contributed by atoms with van der Waals surface area (Å²) in [4.78, 5) is 11.8. The van der Waals surface area contributed by atoms with Crippen LogP contribution in [0.15, 0.2) is 24.4 Å². The number of aromatic nitrogens is 2. The summed E-state index contributed by atoms with van der Waals surface area (Å²) < 4.78 is 7.12. The van der Waals surface area contributed by atoms with Crippen LogP contribution < -0.4 is 5.32 Å². The van der Waals surface area contributed by atoms with Crippen molar-refractivity contribution >= 4 is 16.8 Å². The number of carbonyl (C=O) groups excluding carboxylic acids is 1. The fraction of sp³-hybridized carbons (Fsp3) is 0.500. The van der Waals surface area contributed by atoms with E-state index in [0.29, 0.717) is 26.1 Å². The SMILES string of the molecule is CCOCCCNC(=O)CCn1ncc2c(C)cccc21. The van der Waals surface area contributed by atoms with Gasteiger partial charge >= 0.3 is 0 Å². The van der Waals surface area contributed by atoms with Gasteiger partial charge in [0, 0.05) is 31.6 Å². The van der Waals surface area contributed by atoms with Crippen molar-refractivity contribution < 1.29 is 9.53 Å². The molecule has 2 aromatic rings. The van der Waals surface area contributed by atoms with Crippen LogP contribution in [-0.2, 0) is 16.1 Å². The number of fused-ring (bicyclic) bond motifs is 1. The Labute approximate surface area is 125 Å². The molecule has 5 heteroatoms. The fourth-order valence-corrected chi connectivity index (χ4v) is 2.27. The largest absolute Gasteiger partial charge is 0.382 e. The third kappa shape index (κ3) is 4.29. The number of carbonyl (C=O) groups is 1. The van der Waals surface area contributed by atoms with Crippen LogP contribution in [0.1, 0.15) is 25.3 Å². The molecule has 0 radical (unpaired) electrons. The van der Waals surface area contributed by atoms with E-state index >= 15 is 0 Å². The number of aryl methyl sites for hydroxylation is 2. The second kappa shape index (κ2) is 7.78. The van der Waals surface area contributed by atoms with Crippen molar-refractivity contribution in [1.82, 2.24) is 15.1 Å². The molecule has 0 saturated carbocycles. The van der Waals surface area contributed by atoms with Crippen molar-refractivity contribution in [3.05, 3.63) is 30.0 Å². The van der Waals surface area contributed by atoms with E-state index in [1.165, 1.54) is 5.56 Å². The van der Waals surface area contributed by atoms with E-state index in [-0.39, 0.29) is 5.91 Å². The molecule has 2 rings (SSSR count). The molecule has 1 aromatic heterocycles. The molecule has 0 aliphatic carbocycles. The Morgan fingerprint density at radius 3 is 3.10 bits per heavy atom. The highest BCUT2D eigenvalue weighted by Crippen LogP contribution is 2.17. The van der Waals surface area contributed by atoms with Gasteiger partial charge in [-0.1, -0.05) is 12.1 Å². The van der Waals surface area contributed by atoms with Crippen molar-refractivity contribution in [2.24, 2.45) is 0 Å². The van der Waals surface area contributed by atoms with Gasteiger partial charge in [-0.05, 0) is 31.9 Å². The maximum absolute atomic E-state index is 11.8. The lowest BCUT2D eigenvalue weighted by molar-refractivity contribution is -0.121. The molecule has 1 amide bonds. The Balaban J connectivity index is 1.79. The van der Waals surface area contributed by atoms with E-state index in [4.69, 9.17) is 4.74 Å². The van der Waals surface area contributed by atoms with Crippen LogP contribution in [0.25, 0.3) is 10.9 Å². The summed E-state index contributed by atoms with van der Waals surface area (Å²) >= 11 is 0. The molecule has 0 saturated heterocycles. The first-order valence-corrected chi connectivity index (χ1v) is 7.48. The molecule has 0 spiro atoms. The van der Waals surface area contributed by atoms with Crippen LogP contribution in [0.5, 0.6) is 0 Å². The first kappa shape index (κ1) is 15.5. The van der Waals surface area contributed by atoms with Crippen molar-refractivity contribution in [3.63, 3.8) is 0 Å². The van der Waals surface area contributed by atoms with Crippen molar-refractivity contribution in [2.45, 2.75) is 33.2 Å². The third-order valence-corrected chi connectivity index (χ3v) is 3.45. The number of nitrogens with one attached hydrogen (secondary N) is 1. The maximum atomic E-state index is 11.8. The lowest BCUT2D eigenvalue weighted by atomic mass is 10.1. The number of amides is 1. The molecule has 0 bridgehead atoms. The molecule has 114 valence electrons. The Morgan fingerprint density at radius 2 is 2.29 bits per heavy atom. The molecule has 1 N–H and O–H groups in total. The van der Waals surface area contributed by atoms with E-state index in [9.17, 15) is 4.79 Å². The van der Waals surface area contributed by atoms with Gasteiger partial charge < -0.3 is 10.1 Å². The van der Waals surface area contributed by atoms with E-state index in [1.807, 2.05) is 29.9 Å². The van der Waals surface area contributed by atoms with Crippen LogP contribution in [-0.4, -0.2) is 35.4 Å². The Kier molecular flexibility index (Phi) is 5.75. The zero-order chi connectivity index (χ0) is 15.1. The normalized spacial score (nSPS) is 11.0. The predicted octanol–water partition coefficient (Wildman–Crippen LogP) is 2.28. The highest BCUT2D eigenvalue weighted by atomic mass is 16.5. The molecule has 5 nitrogen and oxygen atoms in total. The number of rotatable bonds is 8. The van der Waals surface area contributed by atoms with Crippen LogP contribution in [0.2, 0.25) is 0 Å². The molecular weight excluding hydrogens is 266 g/mol. The summed E-state index contributed by atoms with van der Waals surface area (Å²) in [5, 5.41) is 8.42. The molecule has 0 unspecified atom stereocenters. The summed E-state index contributed by atoms with van der Waals surface area (Å²) in [7, 11) is 0. The topological polar surface area (TPSA) is 56.1 Å². The maximum Gasteiger partial charge on any atom is 0.221 e. The fourth-order valence-electron chi connectivity index (χ4n) is 2.27. The van der Waals surface area contributed by atoms with Gasteiger partial charge in [-0.2, -0.15) is 5.10 Å². The minimum Gasteiger partial charge on any atom is -0.382 e. The zero-order valence-electron chi connectivity index (χ0n) is 12.8. The summed E-state index contributed by atoms with van der Waals surface area (Å²) in [6.45, 7) is 6.72. The average Bonchev–Trinajstić information content (AvgIpc) is 2.89. The second-order valence-electron chi connectivity index (χ2n) is 5.03. The third-order valence-electron chi connectivity index (χ3n) is 3.45. The minimum absolute atomic E-state index is 0.0581. The van der Waals surface area contributed by atoms with Crippen LogP contribution in [0.4, 0.5) is 0 Å². The van der Waals surface area contributed by atoms with Gasteiger partial charge in [-0.15, -0.1) is 0 Å². The highest BCUT2D eigenvalue weighted by Gasteiger charge is 2.06. The summed E-state index contributed by atoms with van der Waals surface area (Å²) in [6.07, 6.45) is 3.16. The van der Waals surface area contributed by atoms with E-state index < -0.39 is 0 Å². The number of nitrogens with zero attached hydrogens (tertiary/aromatic N) is 2. The highest BCUT2D eigenvalue weighted by molar-refractivity contribution is 5.82. The molecular formula is C16H23N3O2. The summed E-state index contributed by atoms with van der Waals surface area (Å²) in [6, 6.07) is 6.12. The average molecular weight is 289 g/mol. The van der Waals surface area contributed by atoms with Gasteiger partial charge in [-0.25, -0.2) is 0 Å². The van der Waals surface area contributed by atoms with E-state index in [1.54, 1.807) is 0 Å². The van der Waals surface area contributed by atoms with Gasteiger partial charge in [0.1, 0.15) is 0 Å². The second-order valence-corrected chi connectivity index (χ2v) is 5.03. The molecule has 0 aliphatic heterocycles. The van der Waals surface area contributed by atoms with Crippen molar-refractivity contribution in [2.75, 3.05) is 19.8 Å². The number of benzene rings is 1. The molecule has 0 fully saturated rings. The zero-order valence-corrected chi connectivity index (χ0v) is 12.8. The number of ether oxygens (including phenoxy) is 1. The lowest BCUT2D eigenvalue weighted by Crippen LogP contribution is -2.26. The Bertz CT molecular complexity index is 592. The Morgan fingerprint density at radius 1 is 1.43 bits per heavy atom. The van der Waals surface area contributed by atoms with Crippen molar-refractivity contribution in [1.29, 1.82) is 0 Å². The van der Waals surface area contributed by atoms with Crippen molar-refractivity contribution in [3.8, 4) is 0 Å². The quantitative estimate of drug-likeness (QED) is 0.759.